The van der Waals surface area contributed by atoms with Gasteiger partial charge in [0.05, 0.1) is 0 Å². The average Bonchev–Trinajstić information content (AvgIpc) is 2.60. The van der Waals surface area contributed by atoms with Crippen LogP contribution in [0.1, 0.15) is 23.1 Å². The number of aliphatic hydroxyl groups is 2. The number of rotatable bonds is 6. The monoisotopic (exact) mass is 332 g/mol. The highest BCUT2D eigenvalue weighted by molar-refractivity contribution is 5.67. The van der Waals surface area contributed by atoms with Gasteiger partial charge in [-0.1, -0.05) is 30.3 Å². The Kier molecular flexibility index (Phi) is 6.11. The fourth-order valence-corrected chi connectivity index (χ4v) is 2.04. The van der Waals surface area contributed by atoms with E-state index in [-0.39, 0.29) is 24.6 Å². The lowest BCUT2D eigenvalue weighted by molar-refractivity contribution is 0.0145. The van der Waals surface area contributed by atoms with E-state index in [1.807, 2.05) is 30.3 Å². The van der Waals surface area contributed by atoms with Crippen molar-refractivity contribution < 1.29 is 24.9 Å². The van der Waals surface area contributed by atoms with E-state index < -0.39 is 18.3 Å². The number of benzene rings is 1. The van der Waals surface area contributed by atoms with Crippen molar-refractivity contribution in [3.63, 3.8) is 0 Å². The number of amides is 1. The van der Waals surface area contributed by atoms with Crippen molar-refractivity contribution in [1.29, 1.82) is 0 Å². The van der Waals surface area contributed by atoms with Crippen LogP contribution in [-0.4, -0.2) is 39.0 Å². The molecule has 24 heavy (non-hydrogen) atoms. The number of aryl methyl sites for hydroxylation is 1. The van der Waals surface area contributed by atoms with Crippen LogP contribution in [0.4, 0.5) is 4.79 Å². The highest BCUT2D eigenvalue weighted by Crippen LogP contribution is 2.24. The molecular formula is C17H20N2O5. The second-order valence-electron chi connectivity index (χ2n) is 5.31. The zero-order chi connectivity index (χ0) is 17.5. The third-order valence-corrected chi connectivity index (χ3v) is 3.35. The average molecular weight is 332 g/mol. The quantitative estimate of drug-likeness (QED) is 0.636. The highest BCUT2D eigenvalue weighted by Gasteiger charge is 2.23. The molecular weight excluding hydrogens is 312 g/mol. The van der Waals surface area contributed by atoms with Crippen molar-refractivity contribution in [2.75, 3.05) is 6.54 Å². The molecule has 0 aliphatic carbocycles. The molecule has 2 unspecified atom stereocenters. The first kappa shape index (κ1) is 17.7. The number of alkyl carbamates (subject to hydrolysis) is 1. The van der Waals surface area contributed by atoms with Crippen LogP contribution in [0.3, 0.4) is 0 Å². The zero-order valence-electron chi connectivity index (χ0n) is 13.2. The van der Waals surface area contributed by atoms with E-state index in [0.717, 1.165) is 5.56 Å². The smallest absolute Gasteiger partial charge is 0.407 e. The molecule has 2 aromatic rings. The molecule has 0 spiro atoms. The summed E-state index contributed by atoms with van der Waals surface area (Å²) in [5.41, 5.74) is 1.38. The number of ether oxygens (including phenoxy) is 1. The molecule has 1 aromatic carbocycles. The van der Waals surface area contributed by atoms with Gasteiger partial charge in [0.15, 0.2) is 0 Å². The van der Waals surface area contributed by atoms with Crippen molar-refractivity contribution in [1.82, 2.24) is 10.3 Å². The van der Waals surface area contributed by atoms with Crippen molar-refractivity contribution in [3.8, 4) is 5.75 Å². The van der Waals surface area contributed by atoms with Gasteiger partial charge in [0.2, 0.25) is 0 Å². The molecule has 0 radical (unpaired) electrons. The lowest BCUT2D eigenvalue weighted by Gasteiger charge is -2.19. The molecule has 2 atom stereocenters. The Hall–Kier alpha value is -2.64. The predicted molar refractivity (Wildman–Crippen MR) is 86.2 cm³/mol. The van der Waals surface area contributed by atoms with Gasteiger partial charge in [-0.3, -0.25) is 4.98 Å². The Morgan fingerprint density at radius 3 is 2.62 bits per heavy atom. The highest BCUT2D eigenvalue weighted by atomic mass is 16.5. The Bertz CT molecular complexity index is 678. The molecule has 7 heteroatoms. The number of nitrogens with one attached hydrogen (secondary N) is 1. The number of hydrogen-bond donors (Lipinski definition) is 4. The minimum Gasteiger partial charge on any atom is -0.506 e. The summed E-state index contributed by atoms with van der Waals surface area (Å²) in [4.78, 5) is 15.6. The number of aromatic hydroxyl groups is 1. The third kappa shape index (κ3) is 4.94. The van der Waals surface area contributed by atoms with E-state index >= 15 is 0 Å². The van der Waals surface area contributed by atoms with E-state index in [1.165, 1.54) is 6.07 Å². The van der Waals surface area contributed by atoms with Crippen LogP contribution in [0, 0.1) is 6.92 Å². The third-order valence-electron chi connectivity index (χ3n) is 3.35. The van der Waals surface area contributed by atoms with Crippen LogP contribution >= 0.6 is 0 Å². The number of aliphatic hydroxyl groups excluding tert-OH is 2. The topological polar surface area (TPSA) is 112 Å². The van der Waals surface area contributed by atoms with Gasteiger partial charge in [-0.15, -0.1) is 0 Å². The van der Waals surface area contributed by atoms with Gasteiger partial charge in [0.1, 0.15) is 30.3 Å². The lowest BCUT2D eigenvalue weighted by atomic mass is 10.1. The van der Waals surface area contributed by atoms with E-state index in [0.29, 0.717) is 5.69 Å². The number of pyridine rings is 1. The first-order valence-corrected chi connectivity index (χ1v) is 7.44. The van der Waals surface area contributed by atoms with Crippen LogP contribution < -0.4 is 5.32 Å². The maximum atomic E-state index is 11.6. The summed E-state index contributed by atoms with van der Waals surface area (Å²) < 4.78 is 5.00. The first-order valence-electron chi connectivity index (χ1n) is 7.44. The molecule has 0 saturated heterocycles. The fraction of sp³-hybridized carbons (Fsp3) is 0.294. The second kappa shape index (κ2) is 8.28. The van der Waals surface area contributed by atoms with E-state index in [1.54, 1.807) is 13.0 Å². The van der Waals surface area contributed by atoms with Crippen LogP contribution in [0.5, 0.6) is 5.75 Å². The first-order chi connectivity index (χ1) is 11.5. The molecule has 128 valence electrons. The number of hydrogen-bond acceptors (Lipinski definition) is 6. The van der Waals surface area contributed by atoms with Gasteiger partial charge >= 0.3 is 6.09 Å². The van der Waals surface area contributed by atoms with Gasteiger partial charge in [-0.2, -0.15) is 0 Å². The zero-order valence-corrected chi connectivity index (χ0v) is 13.2. The molecule has 1 heterocycles. The predicted octanol–water partition coefficient (Wildman–Crippen LogP) is 1.42. The van der Waals surface area contributed by atoms with Gasteiger partial charge < -0.3 is 25.4 Å². The number of nitrogens with zero attached hydrogens (tertiary/aromatic N) is 1. The maximum absolute atomic E-state index is 11.6. The largest absolute Gasteiger partial charge is 0.506 e. The molecule has 7 nitrogen and oxygen atoms in total. The van der Waals surface area contributed by atoms with E-state index in [9.17, 15) is 20.1 Å². The van der Waals surface area contributed by atoms with Crippen molar-refractivity contribution >= 4 is 6.09 Å². The second-order valence-corrected chi connectivity index (χ2v) is 5.31. The number of carbonyl (C=O) groups is 1. The minimum atomic E-state index is -1.43. The van der Waals surface area contributed by atoms with Crippen LogP contribution in [0.25, 0.3) is 0 Å². The fourth-order valence-electron chi connectivity index (χ4n) is 2.04. The summed E-state index contributed by atoms with van der Waals surface area (Å²) in [6.07, 6.45) is -3.49. The molecule has 0 aliphatic rings. The van der Waals surface area contributed by atoms with Gasteiger partial charge in [0.25, 0.3) is 0 Å². The summed E-state index contributed by atoms with van der Waals surface area (Å²) in [6.45, 7) is 1.55. The van der Waals surface area contributed by atoms with Crippen molar-refractivity contribution in [2.24, 2.45) is 0 Å². The van der Waals surface area contributed by atoms with Crippen LogP contribution in [-0.2, 0) is 11.3 Å². The summed E-state index contributed by atoms with van der Waals surface area (Å²) in [5, 5.41) is 32.1. The molecule has 1 amide bonds. The summed E-state index contributed by atoms with van der Waals surface area (Å²) in [7, 11) is 0. The van der Waals surface area contributed by atoms with Gasteiger partial charge in [-0.25, -0.2) is 4.79 Å². The molecule has 2 rings (SSSR count). The molecule has 1 aromatic heterocycles. The van der Waals surface area contributed by atoms with Gasteiger partial charge in [-0.05, 0) is 24.6 Å². The molecule has 4 N–H and O–H groups in total. The summed E-state index contributed by atoms with van der Waals surface area (Å²) in [6, 6.07) is 12.1. The van der Waals surface area contributed by atoms with E-state index in [2.05, 4.69) is 10.3 Å². The Morgan fingerprint density at radius 2 is 1.92 bits per heavy atom. The minimum absolute atomic E-state index is 0.0399. The SMILES string of the molecule is Cc1ccc(O)c(C(O)C(O)CNC(=O)OCc2ccccc2)n1. The maximum Gasteiger partial charge on any atom is 0.407 e. The van der Waals surface area contributed by atoms with E-state index in [4.69, 9.17) is 4.74 Å². The number of carbonyl (C=O) groups excluding carboxylic acids is 1. The van der Waals surface area contributed by atoms with Crippen LogP contribution in [0.15, 0.2) is 42.5 Å². The molecule has 0 bridgehead atoms. The normalized spacial score (nSPS) is 13.1. The molecule has 0 saturated carbocycles. The molecule has 0 fully saturated rings. The summed E-state index contributed by atoms with van der Waals surface area (Å²) in [5.74, 6) is -0.223. The van der Waals surface area contributed by atoms with Crippen molar-refractivity contribution in [3.05, 3.63) is 59.4 Å². The number of aromatic nitrogens is 1. The Balaban J connectivity index is 1.82. The lowest BCUT2D eigenvalue weighted by Crippen LogP contribution is -2.36. The summed E-state index contributed by atoms with van der Waals surface area (Å²) >= 11 is 0. The molecule has 0 aliphatic heterocycles. The van der Waals surface area contributed by atoms with Crippen LogP contribution in [0.2, 0.25) is 0 Å². The Morgan fingerprint density at radius 1 is 1.21 bits per heavy atom. The standard InChI is InChI=1S/C17H20N2O5/c1-11-7-8-13(20)15(19-11)16(22)14(21)9-18-17(23)24-10-12-5-3-2-4-6-12/h2-8,14,16,20-22H,9-10H2,1H3,(H,18,23). The van der Waals surface area contributed by atoms with Gasteiger partial charge in [0, 0.05) is 12.2 Å². The Labute approximate surface area is 139 Å². The van der Waals surface area contributed by atoms with Crippen molar-refractivity contribution in [2.45, 2.75) is 25.7 Å².